The number of carbonyl (C=O) groups is 1. The topological polar surface area (TPSA) is 41.6 Å². The maximum absolute atomic E-state index is 13.2. The molecule has 1 fully saturated rings. The van der Waals surface area contributed by atoms with Crippen LogP contribution in [0.25, 0.3) is 0 Å². The summed E-state index contributed by atoms with van der Waals surface area (Å²) in [6, 6.07) is 10.2. The summed E-state index contributed by atoms with van der Waals surface area (Å²) in [5.74, 6) is -0.0527. The lowest BCUT2D eigenvalue weighted by Gasteiger charge is -2.43. The molecule has 172 valence electrons. The van der Waals surface area contributed by atoms with Crippen LogP contribution in [-0.2, 0) is 16.0 Å². The van der Waals surface area contributed by atoms with Crippen molar-refractivity contribution >= 4 is 5.91 Å². The fraction of sp³-hybridized carbons (Fsp3) is 0.464. The Kier molecular flexibility index (Phi) is 8.14. The molecule has 2 aliphatic heterocycles. The van der Waals surface area contributed by atoms with Crippen molar-refractivity contribution in [2.75, 3.05) is 19.7 Å². The molecule has 0 radical (unpaired) electrons. The van der Waals surface area contributed by atoms with Crippen molar-refractivity contribution in [1.82, 2.24) is 10.2 Å². The number of benzene rings is 1. The van der Waals surface area contributed by atoms with Gasteiger partial charge in [0.2, 0.25) is 0 Å². The average Bonchev–Trinajstić information content (AvgIpc) is 3.42. The Morgan fingerprint density at radius 1 is 1.31 bits per heavy atom. The highest BCUT2D eigenvalue weighted by Crippen LogP contribution is 2.46. The Morgan fingerprint density at radius 3 is 2.66 bits per heavy atom. The molecule has 2 atom stereocenters. The summed E-state index contributed by atoms with van der Waals surface area (Å²) in [5.41, 5.74) is 4.79. The van der Waals surface area contributed by atoms with E-state index in [1.165, 1.54) is 16.7 Å². The lowest BCUT2D eigenvalue weighted by atomic mass is 9.77. The fourth-order valence-corrected chi connectivity index (χ4v) is 5.16. The third-order valence-corrected chi connectivity index (χ3v) is 7.05. The highest BCUT2D eigenvalue weighted by atomic mass is 16.5. The van der Waals surface area contributed by atoms with Gasteiger partial charge >= 0.3 is 0 Å². The van der Waals surface area contributed by atoms with E-state index in [-0.39, 0.29) is 12.0 Å². The summed E-state index contributed by atoms with van der Waals surface area (Å²) in [5, 5.41) is 3.11. The highest BCUT2D eigenvalue weighted by molar-refractivity contribution is 5.99. The Labute approximate surface area is 193 Å². The minimum absolute atomic E-state index is 0.0527. The number of nitrogens with zero attached hydrogens (tertiary/aromatic N) is 1. The number of allylic oxidation sites excluding steroid dienone is 2. The van der Waals surface area contributed by atoms with Crippen LogP contribution in [-0.4, -0.2) is 42.1 Å². The van der Waals surface area contributed by atoms with E-state index in [9.17, 15) is 4.79 Å². The zero-order valence-corrected chi connectivity index (χ0v) is 20.0. The summed E-state index contributed by atoms with van der Waals surface area (Å²) < 4.78 is 5.95. The summed E-state index contributed by atoms with van der Waals surface area (Å²) in [6.45, 7) is 17.2. The molecule has 1 amide bonds. The maximum atomic E-state index is 13.2. The van der Waals surface area contributed by atoms with Gasteiger partial charge in [-0.15, -0.1) is 0 Å². The second-order valence-corrected chi connectivity index (χ2v) is 8.72. The molecule has 1 aromatic carbocycles. The van der Waals surface area contributed by atoms with E-state index in [2.05, 4.69) is 56.3 Å². The average molecular weight is 435 g/mol. The van der Waals surface area contributed by atoms with Gasteiger partial charge in [-0.3, -0.25) is 4.79 Å². The molecule has 1 N–H and O–H groups in total. The van der Waals surface area contributed by atoms with Crippen LogP contribution in [0.4, 0.5) is 0 Å². The number of carbonyl (C=O) groups excluding carboxylic acids is 1. The molecule has 2 aliphatic rings. The van der Waals surface area contributed by atoms with Crippen LogP contribution in [0.2, 0.25) is 0 Å². The first-order chi connectivity index (χ1) is 15.5. The van der Waals surface area contributed by atoms with E-state index in [0.29, 0.717) is 12.1 Å². The van der Waals surface area contributed by atoms with Crippen molar-refractivity contribution in [2.24, 2.45) is 0 Å². The first kappa shape index (κ1) is 24.1. The molecule has 1 aromatic rings. The van der Waals surface area contributed by atoms with Gasteiger partial charge in [-0.1, -0.05) is 63.4 Å². The van der Waals surface area contributed by atoms with Crippen LogP contribution in [0, 0.1) is 0 Å². The van der Waals surface area contributed by atoms with Crippen LogP contribution in [0.1, 0.15) is 52.0 Å². The minimum Gasteiger partial charge on any atom is -0.376 e. The number of hydrogen-bond donors (Lipinski definition) is 1. The molecule has 0 aromatic heterocycles. The van der Waals surface area contributed by atoms with E-state index < -0.39 is 5.54 Å². The second kappa shape index (κ2) is 10.8. The number of nitrogens with one attached hydrogen (secondary N) is 1. The van der Waals surface area contributed by atoms with E-state index in [1.54, 1.807) is 0 Å². The summed E-state index contributed by atoms with van der Waals surface area (Å²) >= 11 is 0. The third kappa shape index (κ3) is 4.75. The molecule has 4 heteroatoms. The largest absolute Gasteiger partial charge is 0.376 e. The number of hydrogen-bond acceptors (Lipinski definition) is 3. The van der Waals surface area contributed by atoms with Crippen molar-refractivity contribution < 1.29 is 9.53 Å². The fourth-order valence-electron chi connectivity index (χ4n) is 5.16. The van der Waals surface area contributed by atoms with Gasteiger partial charge in [0, 0.05) is 25.9 Å². The van der Waals surface area contributed by atoms with Gasteiger partial charge in [0.15, 0.2) is 0 Å². The minimum atomic E-state index is -0.419. The smallest absolute Gasteiger partial charge is 0.253 e. The lowest BCUT2D eigenvalue weighted by molar-refractivity contribution is -0.117. The summed E-state index contributed by atoms with van der Waals surface area (Å²) in [4.78, 5) is 15.5. The van der Waals surface area contributed by atoms with Crippen molar-refractivity contribution in [2.45, 2.75) is 64.5 Å². The SMILES string of the molecule is C=C/C(CC)=C(\C)C1(CC)C(=C)C(C(=O)NCCc2ccccc2)=CN1CC1CCCO1. The molecule has 1 saturated heterocycles. The van der Waals surface area contributed by atoms with E-state index in [0.717, 1.165) is 50.8 Å². The molecular weight excluding hydrogens is 396 g/mol. The molecule has 32 heavy (non-hydrogen) atoms. The number of amides is 1. The molecule has 2 heterocycles. The Balaban J connectivity index is 1.85. The van der Waals surface area contributed by atoms with Gasteiger partial charge in [-0.05, 0) is 61.3 Å². The molecule has 0 saturated carbocycles. The Bertz CT molecular complexity index is 893. The van der Waals surface area contributed by atoms with Crippen LogP contribution < -0.4 is 5.32 Å². The Hall–Kier alpha value is -2.59. The predicted molar refractivity (Wildman–Crippen MR) is 132 cm³/mol. The first-order valence-corrected chi connectivity index (χ1v) is 11.9. The van der Waals surface area contributed by atoms with Crippen LogP contribution in [0.15, 0.2) is 78.1 Å². The van der Waals surface area contributed by atoms with Gasteiger partial charge < -0.3 is 15.0 Å². The van der Waals surface area contributed by atoms with Crippen LogP contribution >= 0.6 is 0 Å². The maximum Gasteiger partial charge on any atom is 0.253 e. The first-order valence-electron chi connectivity index (χ1n) is 11.9. The lowest BCUT2D eigenvalue weighted by Crippen LogP contribution is -2.48. The van der Waals surface area contributed by atoms with Gasteiger partial charge in [0.25, 0.3) is 5.91 Å². The molecule has 0 aliphatic carbocycles. The third-order valence-electron chi connectivity index (χ3n) is 7.05. The quantitative estimate of drug-likeness (QED) is 0.505. The second-order valence-electron chi connectivity index (χ2n) is 8.72. The number of ether oxygens (including phenoxy) is 1. The zero-order valence-electron chi connectivity index (χ0n) is 20.0. The van der Waals surface area contributed by atoms with Crippen molar-refractivity contribution in [3.63, 3.8) is 0 Å². The highest BCUT2D eigenvalue weighted by Gasteiger charge is 2.47. The van der Waals surface area contributed by atoms with Gasteiger partial charge in [-0.2, -0.15) is 0 Å². The van der Waals surface area contributed by atoms with Crippen molar-refractivity contribution in [3.8, 4) is 0 Å². The van der Waals surface area contributed by atoms with Gasteiger partial charge in [0.05, 0.1) is 17.2 Å². The molecular formula is C28H38N2O2. The molecule has 0 spiro atoms. The predicted octanol–water partition coefficient (Wildman–Crippen LogP) is 5.34. The van der Waals surface area contributed by atoms with Gasteiger partial charge in [-0.25, -0.2) is 0 Å². The van der Waals surface area contributed by atoms with E-state index >= 15 is 0 Å². The number of rotatable bonds is 10. The summed E-state index contributed by atoms with van der Waals surface area (Å²) in [6.07, 6.45) is 8.84. The monoisotopic (exact) mass is 434 g/mol. The van der Waals surface area contributed by atoms with E-state index in [1.807, 2.05) is 30.5 Å². The molecule has 4 nitrogen and oxygen atoms in total. The van der Waals surface area contributed by atoms with Crippen molar-refractivity contribution in [3.05, 3.63) is 83.6 Å². The van der Waals surface area contributed by atoms with E-state index in [4.69, 9.17) is 4.74 Å². The molecule has 0 bridgehead atoms. The van der Waals surface area contributed by atoms with Crippen LogP contribution in [0.5, 0.6) is 0 Å². The zero-order chi connectivity index (χ0) is 23.1. The summed E-state index contributed by atoms with van der Waals surface area (Å²) in [7, 11) is 0. The van der Waals surface area contributed by atoms with Crippen molar-refractivity contribution in [1.29, 1.82) is 0 Å². The van der Waals surface area contributed by atoms with Gasteiger partial charge in [0.1, 0.15) is 0 Å². The molecule has 2 unspecified atom stereocenters. The van der Waals surface area contributed by atoms with Crippen LogP contribution in [0.3, 0.4) is 0 Å². The molecule has 3 rings (SSSR count). The Morgan fingerprint density at radius 2 is 2.06 bits per heavy atom. The normalized spacial score (nSPS) is 23.7. The standard InChI is InChI=1S/C28H38N2O2/c1-6-24(7-2)21(4)28(8-3)22(5)26(20-30(28)19-25-15-12-18-32-25)27(31)29-17-16-23-13-10-9-11-14-23/h6,9-11,13-14,20,25H,1,5,7-8,12,15-19H2,2-4H3,(H,29,31)/b24-21-.